The molecule has 22 heavy (non-hydrogen) atoms. The molecule has 130 valence electrons. The molecule has 0 fully saturated rings. The Balaban J connectivity index is 0. The Bertz CT molecular complexity index is 471. The van der Waals surface area contributed by atoms with Crippen molar-refractivity contribution in [2.24, 2.45) is 0 Å². The molecule has 0 atom stereocenters. The van der Waals surface area contributed by atoms with Gasteiger partial charge in [-0.2, -0.15) is 0 Å². The Labute approximate surface area is 135 Å². The lowest BCUT2D eigenvalue weighted by Crippen LogP contribution is -2.53. The van der Waals surface area contributed by atoms with E-state index in [9.17, 15) is 18.6 Å². The second-order valence-corrected chi connectivity index (χ2v) is 6.05. The Morgan fingerprint density at radius 3 is 1.73 bits per heavy atom. The number of aryl methyl sites for hydroxylation is 1. The summed E-state index contributed by atoms with van der Waals surface area (Å²) in [7, 11) is -3.74. The van der Waals surface area contributed by atoms with E-state index in [2.05, 4.69) is 4.72 Å². The molecule has 0 heterocycles. The fraction of sp³-hybridized carbons (Fsp3) is 0.625. The van der Waals surface area contributed by atoms with Crippen LogP contribution in [0.1, 0.15) is 46.6 Å². The summed E-state index contributed by atoms with van der Waals surface area (Å²) < 4.78 is 26.6. The number of nitrogens with one attached hydrogen (secondary N) is 1. The first kappa shape index (κ1) is 23.3. The predicted molar refractivity (Wildman–Crippen MR) is 91.4 cm³/mol. The van der Waals surface area contributed by atoms with Crippen LogP contribution in [-0.2, 0) is 10.0 Å². The topological polar surface area (TPSA) is 86.6 Å². The van der Waals surface area contributed by atoms with Gasteiger partial charge in [0, 0.05) is 0 Å². The number of rotatable bonds is 6. The van der Waals surface area contributed by atoms with Crippen LogP contribution in [0.4, 0.5) is 0 Å². The number of hydrogen-bond donors (Lipinski definition) is 3. The van der Waals surface area contributed by atoms with Gasteiger partial charge in [-0.05, 0) is 25.5 Å². The van der Waals surface area contributed by atoms with E-state index in [-0.39, 0.29) is 4.90 Å². The van der Waals surface area contributed by atoms with E-state index < -0.39 is 28.8 Å². The van der Waals surface area contributed by atoms with Gasteiger partial charge >= 0.3 is 0 Å². The first-order chi connectivity index (χ1) is 10.4. The minimum absolute atomic E-state index is 0.118. The van der Waals surface area contributed by atoms with Crippen LogP contribution in [0, 0.1) is 6.92 Å². The van der Waals surface area contributed by atoms with Crippen molar-refractivity contribution in [1.82, 2.24) is 4.72 Å². The van der Waals surface area contributed by atoms with Gasteiger partial charge in [0.2, 0.25) is 10.0 Å². The summed E-state index contributed by atoms with van der Waals surface area (Å²) in [5.41, 5.74) is -0.260. The van der Waals surface area contributed by atoms with Crippen LogP contribution >= 0.6 is 0 Å². The lowest BCUT2D eigenvalue weighted by Gasteiger charge is -2.29. The highest BCUT2D eigenvalue weighted by Gasteiger charge is 2.32. The summed E-state index contributed by atoms with van der Waals surface area (Å²) in [5, 5.41) is 18.5. The van der Waals surface area contributed by atoms with Gasteiger partial charge in [-0.25, -0.2) is 13.1 Å². The number of benzene rings is 1. The molecule has 0 radical (unpaired) electrons. The fourth-order valence-corrected chi connectivity index (χ4v) is 2.93. The minimum atomic E-state index is -3.74. The van der Waals surface area contributed by atoms with E-state index in [1.165, 1.54) is 12.1 Å². The van der Waals surface area contributed by atoms with Gasteiger partial charge in [0.15, 0.2) is 0 Å². The Kier molecular flexibility index (Phi) is 12.3. The Morgan fingerprint density at radius 2 is 1.41 bits per heavy atom. The lowest BCUT2D eigenvalue weighted by atomic mass is 10.0. The monoisotopic (exact) mass is 333 g/mol. The summed E-state index contributed by atoms with van der Waals surface area (Å²) in [6.45, 7) is 10.7. The van der Waals surface area contributed by atoms with E-state index in [1.54, 1.807) is 19.1 Å². The van der Waals surface area contributed by atoms with E-state index >= 15 is 0 Å². The number of aliphatic hydroxyl groups is 2. The molecule has 0 saturated carbocycles. The molecule has 1 aromatic rings. The molecule has 0 spiro atoms. The third-order valence-corrected chi connectivity index (χ3v) is 4.56. The number of sulfonamides is 1. The normalized spacial score (nSPS) is 10.9. The summed E-state index contributed by atoms with van der Waals surface area (Å²) in [4.78, 5) is 0.118. The van der Waals surface area contributed by atoms with Crippen molar-refractivity contribution in [1.29, 1.82) is 0 Å². The fourth-order valence-electron chi connectivity index (χ4n) is 1.47. The minimum Gasteiger partial charge on any atom is -0.394 e. The molecule has 6 heteroatoms. The average molecular weight is 333 g/mol. The first-order valence-corrected chi connectivity index (χ1v) is 9.20. The van der Waals surface area contributed by atoms with Crippen molar-refractivity contribution < 1.29 is 18.6 Å². The maximum Gasteiger partial charge on any atom is 0.241 e. The zero-order valence-electron chi connectivity index (χ0n) is 14.5. The van der Waals surface area contributed by atoms with Gasteiger partial charge in [-0.15, -0.1) is 0 Å². The lowest BCUT2D eigenvalue weighted by molar-refractivity contribution is 0.105. The summed E-state index contributed by atoms with van der Waals surface area (Å²) in [6, 6.07) is 6.37. The average Bonchev–Trinajstić information content (AvgIpc) is 2.57. The number of hydrogen-bond acceptors (Lipinski definition) is 4. The van der Waals surface area contributed by atoms with Crippen LogP contribution in [0.25, 0.3) is 0 Å². The number of aliphatic hydroxyl groups excluding tert-OH is 2. The third kappa shape index (κ3) is 6.87. The van der Waals surface area contributed by atoms with E-state index in [1.807, 2.05) is 34.6 Å². The van der Waals surface area contributed by atoms with Crippen molar-refractivity contribution in [2.45, 2.75) is 58.4 Å². The van der Waals surface area contributed by atoms with Crippen molar-refractivity contribution in [3.05, 3.63) is 29.8 Å². The second-order valence-electron chi connectivity index (χ2n) is 4.37. The van der Waals surface area contributed by atoms with E-state index in [0.29, 0.717) is 6.42 Å². The standard InChI is InChI=1S/C12H19NO4S.2C2H6/c1-3-12(8-14,9-15)13-18(16,17)11-6-4-10(2)5-7-11;2*1-2/h4-7,13-15H,3,8-9H2,1-2H3;2*1-2H3. The van der Waals surface area contributed by atoms with Gasteiger partial charge in [0.25, 0.3) is 0 Å². The molecule has 0 bridgehead atoms. The molecule has 0 aromatic heterocycles. The molecular weight excluding hydrogens is 302 g/mol. The maximum atomic E-state index is 12.1. The van der Waals surface area contributed by atoms with Crippen molar-refractivity contribution in [3.63, 3.8) is 0 Å². The molecule has 0 unspecified atom stereocenters. The van der Waals surface area contributed by atoms with Crippen LogP contribution < -0.4 is 4.72 Å². The molecule has 0 aliphatic heterocycles. The summed E-state index contributed by atoms with van der Waals surface area (Å²) in [6.07, 6.45) is 0.297. The molecule has 0 amide bonds. The zero-order chi connectivity index (χ0) is 17.8. The quantitative estimate of drug-likeness (QED) is 0.746. The highest BCUT2D eigenvalue weighted by molar-refractivity contribution is 7.89. The Hall–Kier alpha value is -0.950. The third-order valence-electron chi connectivity index (χ3n) is 2.96. The van der Waals surface area contributed by atoms with E-state index in [0.717, 1.165) is 5.56 Å². The highest BCUT2D eigenvalue weighted by Crippen LogP contribution is 2.16. The largest absolute Gasteiger partial charge is 0.394 e. The van der Waals surface area contributed by atoms with Crippen LogP contribution in [0.15, 0.2) is 29.2 Å². The molecule has 0 aliphatic carbocycles. The van der Waals surface area contributed by atoms with Crippen LogP contribution in [0.5, 0.6) is 0 Å². The summed E-state index contributed by atoms with van der Waals surface area (Å²) in [5.74, 6) is 0. The van der Waals surface area contributed by atoms with Gasteiger partial charge in [-0.1, -0.05) is 52.3 Å². The smallest absolute Gasteiger partial charge is 0.241 e. The van der Waals surface area contributed by atoms with Crippen LogP contribution in [0.3, 0.4) is 0 Å². The SMILES string of the molecule is CC.CC.CCC(CO)(CO)NS(=O)(=O)c1ccc(C)cc1. The van der Waals surface area contributed by atoms with Crippen LogP contribution in [0.2, 0.25) is 0 Å². The van der Waals surface area contributed by atoms with E-state index in [4.69, 9.17) is 0 Å². The molecule has 5 nitrogen and oxygen atoms in total. The molecule has 1 rings (SSSR count). The summed E-state index contributed by atoms with van der Waals surface area (Å²) >= 11 is 0. The molecule has 0 saturated heterocycles. The van der Waals surface area contributed by atoms with Crippen molar-refractivity contribution >= 4 is 10.0 Å². The van der Waals surface area contributed by atoms with Crippen molar-refractivity contribution in [3.8, 4) is 0 Å². The Morgan fingerprint density at radius 1 is 1.00 bits per heavy atom. The second kappa shape index (κ2) is 11.6. The van der Waals surface area contributed by atoms with Gasteiger partial charge in [0.1, 0.15) is 0 Å². The van der Waals surface area contributed by atoms with Gasteiger partial charge < -0.3 is 10.2 Å². The van der Waals surface area contributed by atoms with Gasteiger partial charge in [-0.3, -0.25) is 0 Å². The molecule has 0 aliphatic rings. The molecule has 3 N–H and O–H groups in total. The van der Waals surface area contributed by atoms with Gasteiger partial charge in [0.05, 0.1) is 23.6 Å². The van der Waals surface area contributed by atoms with Crippen molar-refractivity contribution in [2.75, 3.05) is 13.2 Å². The molecule has 1 aromatic carbocycles. The predicted octanol–water partition coefficient (Wildman–Crippen LogP) is 2.46. The molecular formula is C16H31NO4S. The van der Waals surface area contributed by atoms with Crippen LogP contribution in [-0.4, -0.2) is 37.4 Å². The first-order valence-electron chi connectivity index (χ1n) is 7.71. The highest BCUT2D eigenvalue weighted by atomic mass is 32.2. The zero-order valence-corrected chi connectivity index (χ0v) is 15.4. The maximum absolute atomic E-state index is 12.1.